The van der Waals surface area contributed by atoms with Crippen LogP contribution in [0, 0.1) is 0 Å². The second-order valence-corrected chi connectivity index (χ2v) is 4.99. The van der Waals surface area contributed by atoms with Gasteiger partial charge in [-0.15, -0.1) is 0 Å². The van der Waals surface area contributed by atoms with Gasteiger partial charge >= 0.3 is 6.18 Å². The van der Waals surface area contributed by atoms with Crippen LogP contribution in [-0.4, -0.2) is 44.0 Å². The summed E-state index contributed by atoms with van der Waals surface area (Å²) in [5, 5.41) is 2.59. The highest BCUT2D eigenvalue weighted by Gasteiger charge is 2.33. The molecule has 120 valence electrons. The molecular weight excluding hydrogens is 295 g/mol. The minimum atomic E-state index is -4.38. The molecule has 1 heterocycles. The quantitative estimate of drug-likeness (QED) is 0.871. The van der Waals surface area contributed by atoms with Crippen LogP contribution >= 0.6 is 0 Å². The largest absolute Gasteiger partial charge is 0.418 e. The van der Waals surface area contributed by atoms with Gasteiger partial charge in [0.2, 0.25) is 5.91 Å². The number of anilines is 2. The van der Waals surface area contributed by atoms with Crippen LogP contribution in [-0.2, 0) is 11.0 Å². The van der Waals surface area contributed by atoms with E-state index in [1.807, 2.05) is 4.90 Å². The lowest BCUT2D eigenvalue weighted by Gasteiger charge is -2.36. The van der Waals surface area contributed by atoms with Crippen LogP contribution < -0.4 is 10.2 Å². The van der Waals surface area contributed by atoms with Crippen molar-refractivity contribution in [1.29, 1.82) is 0 Å². The zero-order valence-electron chi connectivity index (χ0n) is 12.3. The lowest BCUT2D eigenvalue weighted by atomic mass is 10.1. The average molecular weight is 313 g/mol. The molecule has 4 nitrogen and oxygen atoms in total. The molecule has 0 atom stereocenters. The van der Waals surface area contributed by atoms with Gasteiger partial charge in [0.1, 0.15) is 0 Å². The topological polar surface area (TPSA) is 35.6 Å². The molecule has 0 bridgehead atoms. The Morgan fingerprint density at radius 2 is 1.91 bits per heavy atom. The van der Waals surface area contributed by atoms with Gasteiger partial charge in [-0.05, 0) is 24.3 Å². The van der Waals surface area contributed by atoms with E-state index < -0.39 is 11.7 Å². The monoisotopic (exact) mass is 313 g/mol. The molecule has 7 heteroatoms. The Kier molecular flexibility index (Phi) is 4.63. The molecule has 0 spiro atoms. The van der Waals surface area contributed by atoms with Crippen LogP contribution in [0.1, 0.15) is 5.56 Å². The third-order valence-electron chi connectivity index (χ3n) is 3.71. The molecular formula is C15H18F3N3O. The molecule has 1 aliphatic rings. The first-order valence-corrected chi connectivity index (χ1v) is 6.92. The molecule has 1 amide bonds. The second-order valence-electron chi connectivity index (χ2n) is 4.99. The number of piperazine rings is 1. The Hall–Kier alpha value is -2.18. The van der Waals surface area contributed by atoms with E-state index in [0.717, 1.165) is 6.07 Å². The molecule has 0 aromatic heterocycles. The van der Waals surface area contributed by atoms with E-state index in [1.165, 1.54) is 25.3 Å². The summed E-state index contributed by atoms with van der Waals surface area (Å²) in [6.07, 6.45) is -3.11. The fraction of sp³-hybridized carbons (Fsp3) is 0.400. The smallest absolute Gasteiger partial charge is 0.388 e. The van der Waals surface area contributed by atoms with Crippen molar-refractivity contribution in [3.63, 3.8) is 0 Å². The van der Waals surface area contributed by atoms with E-state index in [1.54, 1.807) is 4.90 Å². The number of hydrogen-bond donors (Lipinski definition) is 1. The zero-order valence-corrected chi connectivity index (χ0v) is 12.3. The van der Waals surface area contributed by atoms with Crippen molar-refractivity contribution in [2.75, 3.05) is 43.4 Å². The van der Waals surface area contributed by atoms with E-state index >= 15 is 0 Å². The third-order valence-corrected chi connectivity index (χ3v) is 3.71. The summed E-state index contributed by atoms with van der Waals surface area (Å²) < 4.78 is 38.6. The summed E-state index contributed by atoms with van der Waals surface area (Å²) in [6, 6.07) is 4.05. The Bertz CT molecular complexity index is 564. The standard InChI is InChI=1S/C15H18F3N3O/c1-3-14(22)21-8-6-20(7-9-21)11-4-5-12(15(16,17)18)13(10-11)19-2/h3-5,10,19H,1,6-9H2,2H3. The number of nitrogens with one attached hydrogen (secondary N) is 1. The molecule has 0 unspecified atom stereocenters. The third kappa shape index (κ3) is 3.35. The van der Waals surface area contributed by atoms with Crippen LogP contribution in [0.2, 0.25) is 0 Å². The van der Waals surface area contributed by atoms with Crippen molar-refractivity contribution < 1.29 is 18.0 Å². The number of alkyl halides is 3. The molecule has 22 heavy (non-hydrogen) atoms. The molecule has 1 N–H and O–H groups in total. The Labute approximate surface area is 127 Å². The van der Waals surface area contributed by atoms with Gasteiger partial charge in [-0.25, -0.2) is 0 Å². The summed E-state index contributed by atoms with van der Waals surface area (Å²) >= 11 is 0. The highest BCUT2D eigenvalue weighted by molar-refractivity contribution is 5.87. The first kappa shape index (κ1) is 16.2. The van der Waals surface area contributed by atoms with Crippen molar-refractivity contribution in [2.45, 2.75) is 6.18 Å². The Morgan fingerprint density at radius 1 is 1.27 bits per heavy atom. The molecule has 0 radical (unpaired) electrons. The predicted octanol–water partition coefficient (Wildman–Crippen LogP) is 2.58. The first-order valence-electron chi connectivity index (χ1n) is 6.92. The predicted molar refractivity (Wildman–Crippen MR) is 80.0 cm³/mol. The minimum Gasteiger partial charge on any atom is -0.388 e. The number of nitrogens with zero attached hydrogens (tertiary/aromatic N) is 2. The molecule has 1 aliphatic heterocycles. The highest BCUT2D eigenvalue weighted by Crippen LogP contribution is 2.36. The average Bonchev–Trinajstić information content (AvgIpc) is 2.52. The number of halogens is 3. The van der Waals surface area contributed by atoms with Gasteiger partial charge in [0.15, 0.2) is 0 Å². The number of carbonyl (C=O) groups is 1. The van der Waals surface area contributed by atoms with E-state index in [4.69, 9.17) is 0 Å². The molecule has 1 saturated heterocycles. The van der Waals surface area contributed by atoms with Crippen molar-refractivity contribution >= 4 is 17.3 Å². The summed E-state index contributed by atoms with van der Waals surface area (Å²) in [4.78, 5) is 15.2. The number of benzene rings is 1. The van der Waals surface area contributed by atoms with Crippen LogP contribution in [0.3, 0.4) is 0 Å². The van der Waals surface area contributed by atoms with E-state index in [0.29, 0.717) is 31.9 Å². The normalized spacial score (nSPS) is 15.6. The Balaban J connectivity index is 2.14. The van der Waals surface area contributed by atoms with Gasteiger partial charge in [0.05, 0.1) is 5.56 Å². The van der Waals surface area contributed by atoms with Crippen molar-refractivity contribution in [3.05, 3.63) is 36.4 Å². The fourth-order valence-electron chi connectivity index (χ4n) is 2.50. The van der Waals surface area contributed by atoms with Gasteiger partial charge in [-0.3, -0.25) is 4.79 Å². The maximum absolute atomic E-state index is 12.9. The number of amides is 1. The van der Waals surface area contributed by atoms with Crippen molar-refractivity contribution in [2.24, 2.45) is 0 Å². The van der Waals surface area contributed by atoms with Crippen LogP contribution in [0.25, 0.3) is 0 Å². The summed E-state index contributed by atoms with van der Waals surface area (Å²) in [5.41, 5.74) is 0.0804. The van der Waals surface area contributed by atoms with Crippen LogP contribution in [0.15, 0.2) is 30.9 Å². The van der Waals surface area contributed by atoms with Gasteiger partial charge in [0.25, 0.3) is 0 Å². The zero-order chi connectivity index (χ0) is 16.3. The molecule has 0 saturated carbocycles. The number of carbonyl (C=O) groups excluding carboxylic acids is 1. The molecule has 1 aromatic carbocycles. The van der Waals surface area contributed by atoms with Crippen molar-refractivity contribution in [1.82, 2.24) is 4.90 Å². The van der Waals surface area contributed by atoms with Crippen LogP contribution in [0.5, 0.6) is 0 Å². The molecule has 0 aliphatic carbocycles. The molecule has 1 fully saturated rings. The lowest BCUT2D eigenvalue weighted by molar-refractivity contribution is -0.137. The van der Waals surface area contributed by atoms with Gasteiger partial charge < -0.3 is 15.1 Å². The van der Waals surface area contributed by atoms with Crippen molar-refractivity contribution in [3.8, 4) is 0 Å². The highest BCUT2D eigenvalue weighted by atomic mass is 19.4. The minimum absolute atomic E-state index is 0.0506. The number of hydrogen-bond acceptors (Lipinski definition) is 3. The maximum atomic E-state index is 12.9. The van der Waals surface area contributed by atoms with E-state index in [2.05, 4.69) is 11.9 Å². The Morgan fingerprint density at radius 3 is 2.41 bits per heavy atom. The maximum Gasteiger partial charge on any atom is 0.418 e. The van der Waals surface area contributed by atoms with E-state index in [-0.39, 0.29) is 11.6 Å². The van der Waals surface area contributed by atoms with E-state index in [9.17, 15) is 18.0 Å². The summed E-state index contributed by atoms with van der Waals surface area (Å²) in [5.74, 6) is -0.122. The number of rotatable bonds is 3. The van der Waals surface area contributed by atoms with Gasteiger partial charge in [-0.1, -0.05) is 6.58 Å². The summed E-state index contributed by atoms with van der Waals surface area (Å²) in [6.45, 7) is 5.66. The first-order chi connectivity index (χ1) is 10.4. The van der Waals surface area contributed by atoms with Gasteiger partial charge in [0, 0.05) is 44.6 Å². The second kappa shape index (κ2) is 6.29. The van der Waals surface area contributed by atoms with Crippen LogP contribution in [0.4, 0.5) is 24.5 Å². The van der Waals surface area contributed by atoms with Gasteiger partial charge in [-0.2, -0.15) is 13.2 Å². The molecule has 2 rings (SSSR count). The SMILES string of the molecule is C=CC(=O)N1CCN(c2ccc(C(F)(F)F)c(NC)c2)CC1. The molecule has 1 aromatic rings. The lowest BCUT2D eigenvalue weighted by Crippen LogP contribution is -2.48. The summed E-state index contributed by atoms with van der Waals surface area (Å²) in [7, 11) is 1.47. The fourth-order valence-corrected chi connectivity index (χ4v) is 2.50.